The van der Waals surface area contributed by atoms with Crippen LogP contribution in [-0.2, 0) is 0 Å². The smallest absolute Gasteiger partial charge is 0.251 e. The van der Waals surface area contributed by atoms with E-state index in [2.05, 4.69) is 34.5 Å². The average Bonchev–Trinajstić information content (AvgIpc) is 3.17. The van der Waals surface area contributed by atoms with E-state index in [-0.39, 0.29) is 11.9 Å². The Balaban J connectivity index is 1.69. The van der Waals surface area contributed by atoms with E-state index in [1.165, 1.54) is 18.4 Å². The second-order valence-electron chi connectivity index (χ2n) is 6.11. The van der Waals surface area contributed by atoms with Gasteiger partial charge in [0.25, 0.3) is 5.91 Å². The van der Waals surface area contributed by atoms with Gasteiger partial charge in [-0.1, -0.05) is 36.4 Å². The third-order valence-electron chi connectivity index (χ3n) is 4.55. The first-order chi connectivity index (χ1) is 11.8. The third kappa shape index (κ3) is 3.95. The Morgan fingerprint density at radius 2 is 1.88 bits per heavy atom. The second-order valence-corrected chi connectivity index (χ2v) is 6.11. The maximum Gasteiger partial charge on any atom is 0.251 e. The summed E-state index contributed by atoms with van der Waals surface area (Å²) >= 11 is 0. The number of rotatable bonds is 6. The first-order valence-corrected chi connectivity index (χ1v) is 8.49. The quantitative estimate of drug-likeness (QED) is 0.887. The zero-order valence-corrected chi connectivity index (χ0v) is 14.1. The first-order valence-electron chi connectivity index (χ1n) is 8.49. The Kier molecular flexibility index (Phi) is 5.49. The maximum atomic E-state index is 12.5. The van der Waals surface area contributed by atoms with Crippen molar-refractivity contribution in [3.8, 4) is 5.75 Å². The molecule has 0 spiro atoms. The number of nitrogens with zero attached hydrogens (tertiary/aromatic N) is 1. The van der Waals surface area contributed by atoms with Crippen molar-refractivity contribution in [3.05, 3.63) is 65.7 Å². The molecule has 0 radical (unpaired) electrons. The van der Waals surface area contributed by atoms with Gasteiger partial charge in [-0.3, -0.25) is 9.69 Å². The van der Waals surface area contributed by atoms with Gasteiger partial charge in [0.15, 0.2) is 0 Å². The van der Waals surface area contributed by atoms with E-state index in [9.17, 15) is 4.79 Å². The summed E-state index contributed by atoms with van der Waals surface area (Å²) in [7, 11) is 1.61. The van der Waals surface area contributed by atoms with E-state index in [0.29, 0.717) is 17.9 Å². The zero-order chi connectivity index (χ0) is 16.8. The van der Waals surface area contributed by atoms with Gasteiger partial charge in [0.05, 0.1) is 13.2 Å². The number of benzene rings is 2. The minimum atomic E-state index is -0.0611. The number of likely N-dealkylation sites (tertiary alicyclic amines) is 1. The van der Waals surface area contributed by atoms with E-state index < -0.39 is 0 Å². The Morgan fingerprint density at radius 1 is 1.12 bits per heavy atom. The van der Waals surface area contributed by atoms with Crippen molar-refractivity contribution >= 4 is 5.91 Å². The highest BCUT2D eigenvalue weighted by Crippen LogP contribution is 2.24. The summed E-state index contributed by atoms with van der Waals surface area (Å²) in [5.41, 5.74) is 1.88. The van der Waals surface area contributed by atoms with Crippen molar-refractivity contribution in [2.75, 3.05) is 26.7 Å². The molecule has 126 valence electrons. The van der Waals surface area contributed by atoms with Gasteiger partial charge in [-0.25, -0.2) is 0 Å². The zero-order valence-electron chi connectivity index (χ0n) is 14.1. The van der Waals surface area contributed by atoms with Crippen molar-refractivity contribution in [2.24, 2.45) is 0 Å². The fourth-order valence-electron chi connectivity index (χ4n) is 3.24. The van der Waals surface area contributed by atoms with E-state index in [4.69, 9.17) is 4.74 Å². The normalized spacial score (nSPS) is 15.9. The van der Waals surface area contributed by atoms with Crippen LogP contribution in [0, 0.1) is 0 Å². The standard InChI is InChI=1S/C20H24N2O2/c1-24-18-11-7-10-17(14-18)20(23)21-15-19(22-12-5-6-13-22)16-8-3-2-4-9-16/h2-4,7-11,14,19H,5-6,12-13,15H2,1H3,(H,21,23). The topological polar surface area (TPSA) is 41.6 Å². The molecule has 1 fully saturated rings. The lowest BCUT2D eigenvalue weighted by Crippen LogP contribution is -2.36. The molecule has 3 rings (SSSR count). The van der Waals surface area contributed by atoms with Gasteiger partial charge in [0, 0.05) is 12.1 Å². The number of carbonyl (C=O) groups is 1. The molecule has 4 heteroatoms. The molecular weight excluding hydrogens is 300 g/mol. The number of methoxy groups -OCH3 is 1. The minimum Gasteiger partial charge on any atom is -0.497 e. The molecule has 0 aromatic heterocycles. The first kappa shape index (κ1) is 16.5. The van der Waals surface area contributed by atoms with Crippen LogP contribution in [0.3, 0.4) is 0 Å². The van der Waals surface area contributed by atoms with Gasteiger partial charge in [-0.05, 0) is 49.7 Å². The van der Waals surface area contributed by atoms with Crippen molar-refractivity contribution < 1.29 is 9.53 Å². The Morgan fingerprint density at radius 3 is 2.58 bits per heavy atom. The number of nitrogens with one attached hydrogen (secondary N) is 1. The van der Waals surface area contributed by atoms with Gasteiger partial charge < -0.3 is 10.1 Å². The van der Waals surface area contributed by atoms with Crippen LogP contribution in [0.15, 0.2) is 54.6 Å². The lowest BCUT2D eigenvalue weighted by atomic mass is 10.1. The van der Waals surface area contributed by atoms with Crippen LogP contribution in [0.1, 0.15) is 34.8 Å². The van der Waals surface area contributed by atoms with Crippen LogP contribution in [-0.4, -0.2) is 37.6 Å². The van der Waals surface area contributed by atoms with E-state index in [1.807, 2.05) is 24.3 Å². The van der Waals surface area contributed by atoms with Crippen molar-refractivity contribution in [3.63, 3.8) is 0 Å². The Bertz CT molecular complexity index is 666. The van der Waals surface area contributed by atoms with Crippen LogP contribution in [0.25, 0.3) is 0 Å². The molecule has 1 unspecified atom stereocenters. The largest absolute Gasteiger partial charge is 0.497 e. The van der Waals surface area contributed by atoms with Crippen LogP contribution in [0.2, 0.25) is 0 Å². The fourth-order valence-corrected chi connectivity index (χ4v) is 3.24. The molecule has 1 aliphatic heterocycles. The highest BCUT2D eigenvalue weighted by molar-refractivity contribution is 5.94. The summed E-state index contributed by atoms with van der Waals surface area (Å²) in [6.07, 6.45) is 2.46. The molecule has 0 saturated carbocycles. The monoisotopic (exact) mass is 324 g/mol. The molecule has 1 heterocycles. The molecule has 4 nitrogen and oxygen atoms in total. The molecule has 1 aliphatic rings. The highest BCUT2D eigenvalue weighted by Gasteiger charge is 2.23. The molecule has 2 aromatic rings. The Labute approximate surface area is 143 Å². The molecule has 2 aromatic carbocycles. The minimum absolute atomic E-state index is 0.0611. The Hall–Kier alpha value is -2.33. The summed E-state index contributed by atoms with van der Waals surface area (Å²) in [4.78, 5) is 14.9. The molecule has 1 saturated heterocycles. The summed E-state index contributed by atoms with van der Waals surface area (Å²) < 4.78 is 5.19. The number of amides is 1. The molecule has 1 N–H and O–H groups in total. The summed E-state index contributed by atoms with van der Waals surface area (Å²) in [5.74, 6) is 0.635. The molecule has 1 amide bonds. The number of hydrogen-bond donors (Lipinski definition) is 1. The van der Waals surface area contributed by atoms with Gasteiger partial charge in [-0.2, -0.15) is 0 Å². The van der Waals surface area contributed by atoms with Gasteiger partial charge in [0.2, 0.25) is 0 Å². The molecule has 0 bridgehead atoms. The second kappa shape index (κ2) is 7.97. The van der Waals surface area contributed by atoms with Crippen LogP contribution < -0.4 is 10.1 Å². The van der Waals surface area contributed by atoms with Gasteiger partial charge in [-0.15, -0.1) is 0 Å². The molecule has 24 heavy (non-hydrogen) atoms. The highest BCUT2D eigenvalue weighted by atomic mass is 16.5. The predicted octanol–water partition coefficient (Wildman–Crippen LogP) is 3.26. The van der Waals surface area contributed by atoms with Crippen molar-refractivity contribution in [1.29, 1.82) is 0 Å². The van der Waals surface area contributed by atoms with Crippen molar-refractivity contribution in [1.82, 2.24) is 10.2 Å². The fraction of sp³-hybridized carbons (Fsp3) is 0.350. The van der Waals surface area contributed by atoms with Gasteiger partial charge in [0.1, 0.15) is 5.75 Å². The predicted molar refractivity (Wildman–Crippen MR) is 95.3 cm³/mol. The lowest BCUT2D eigenvalue weighted by molar-refractivity contribution is 0.0937. The van der Waals surface area contributed by atoms with E-state index >= 15 is 0 Å². The third-order valence-corrected chi connectivity index (χ3v) is 4.55. The van der Waals surface area contributed by atoms with Crippen LogP contribution in [0.5, 0.6) is 5.75 Å². The van der Waals surface area contributed by atoms with Crippen molar-refractivity contribution in [2.45, 2.75) is 18.9 Å². The van der Waals surface area contributed by atoms with E-state index in [1.54, 1.807) is 13.2 Å². The lowest BCUT2D eigenvalue weighted by Gasteiger charge is -2.28. The number of carbonyl (C=O) groups excluding carboxylic acids is 1. The van der Waals surface area contributed by atoms with E-state index in [0.717, 1.165) is 13.1 Å². The average molecular weight is 324 g/mol. The van der Waals surface area contributed by atoms with Crippen LogP contribution in [0.4, 0.5) is 0 Å². The number of hydrogen-bond acceptors (Lipinski definition) is 3. The summed E-state index contributed by atoms with van der Waals surface area (Å²) in [6, 6.07) is 17.9. The van der Waals surface area contributed by atoms with Crippen LogP contribution >= 0.6 is 0 Å². The van der Waals surface area contributed by atoms with Gasteiger partial charge >= 0.3 is 0 Å². The SMILES string of the molecule is COc1cccc(C(=O)NCC(c2ccccc2)N2CCCC2)c1. The summed E-state index contributed by atoms with van der Waals surface area (Å²) in [6.45, 7) is 2.79. The molecule has 1 atom stereocenters. The number of ether oxygens (including phenoxy) is 1. The molecule has 0 aliphatic carbocycles. The maximum absolute atomic E-state index is 12.5. The molecular formula is C20H24N2O2. The summed E-state index contributed by atoms with van der Waals surface area (Å²) in [5, 5.41) is 3.09.